The van der Waals surface area contributed by atoms with Gasteiger partial charge >= 0.3 is 0 Å². The van der Waals surface area contributed by atoms with E-state index in [2.05, 4.69) is 63.8 Å². The molecule has 0 fully saturated rings. The second kappa shape index (κ2) is 4.98. The summed E-state index contributed by atoms with van der Waals surface area (Å²) in [6, 6.07) is 2.08. The second-order valence-electron chi connectivity index (χ2n) is 4.99. The molecule has 2 heterocycles. The fraction of sp³-hybridized carbons (Fsp3) is 0.500. The van der Waals surface area contributed by atoms with Gasteiger partial charge in [0.2, 0.25) is 0 Å². The molecule has 0 saturated heterocycles. The van der Waals surface area contributed by atoms with Crippen LogP contribution in [0.5, 0.6) is 0 Å². The lowest BCUT2D eigenvalue weighted by Crippen LogP contribution is -2.24. The average Bonchev–Trinajstić information content (AvgIpc) is 2.28. The van der Waals surface area contributed by atoms with Crippen LogP contribution in [0.3, 0.4) is 0 Å². The average molecular weight is 314 g/mol. The maximum absolute atomic E-state index is 4.35. The molecule has 0 N–H and O–H groups in total. The molecule has 0 bridgehead atoms. The molecule has 1 aromatic heterocycles. The molecule has 1 aliphatic rings. The van der Waals surface area contributed by atoms with Crippen molar-refractivity contribution >= 4 is 33.5 Å². The monoisotopic (exact) mass is 313 g/mol. The van der Waals surface area contributed by atoms with Crippen LogP contribution in [0.1, 0.15) is 26.5 Å². The van der Waals surface area contributed by atoms with Crippen molar-refractivity contribution in [1.82, 2.24) is 9.97 Å². The summed E-state index contributed by atoms with van der Waals surface area (Å²) in [5, 5.41) is 0. The molecule has 1 aliphatic heterocycles. The van der Waals surface area contributed by atoms with Crippen molar-refractivity contribution in [2.45, 2.75) is 26.2 Å². The van der Waals surface area contributed by atoms with Gasteiger partial charge in [-0.25, -0.2) is 9.97 Å². The molecule has 2 rings (SSSR count). The number of aromatic nitrogens is 2. The Kier molecular flexibility index (Phi) is 3.78. The molecule has 17 heavy (non-hydrogen) atoms. The highest BCUT2D eigenvalue weighted by atomic mass is 79.9. The van der Waals surface area contributed by atoms with Gasteiger partial charge in [0, 0.05) is 30.0 Å². The van der Waals surface area contributed by atoms with E-state index in [4.69, 9.17) is 0 Å². The standard InChI is InChI=1S/C12H16BrN3S/c1-12(2,3)9-6-11(15-8-14-9)16-4-5-17-10(13)7-16/h6-8H,4-5H2,1-3H3. The van der Waals surface area contributed by atoms with Gasteiger partial charge in [0.1, 0.15) is 12.1 Å². The zero-order valence-electron chi connectivity index (χ0n) is 10.3. The molecule has 0 aliphatic carbocycles. The van der Waals surface area contributed by atoms with Crippen molar-refractivity contribution in [1.29, 1.82) is 0 Å². The lowest BCUT2D eigenvalue weighted by Gasteiger charge is -2.25. The molecule has 0 unspecified atom stereocenters. The van der Waals surface area contributed by atoms with Crippen molar-refractivity contribution in [3.63, 3.8) is 0 Å². The van der Waals surface area contributed by atoms with Gasteiger partial charge in [0.05, 0.1) is 9.51 Å². The summed E-state index contributed by atoms with van der Waals surface area (Å²) < 4.78 is 1.15. The van der Waals surface area contributed by atoms with Gasteiger partial charge in [0.25, 0.3) is 0 Å². The van der Waals surface area contributed by atoms with Gasteiger partial charge < -0.3 is 4.90 Å². The van der Waals surface area contributed by atoms with Gasteiger partial charge in [0.15, 0.2) is 0 Å². The molecule has 0 spiro atoms. The normalized spacial score (nSPS) is 16.9. The van der Waals surface area contributed by atoms with E-state index in [0.717, 1.165) is 27.6 Å². The van der Waals surface area contributed by atoms with E-state index in [0.29, 0.717) is 0 Å². The predicted molar refractivity (Wildman–Crippen MR) is 77.5 cm³/mol. The van der Waals surface area contributed by atoms with E-state index in [1.54, 1.807) is 6.33 Å². The molecule has 0 atom stereocenters. The number of nitrogens with zero attached hydrogens (tertiary/aromatic N) is 3. The number of hydrogen-bond donors (Lipinski definition) is 0. The van der Waals surface area contributed by atoms with Crippen LogP contribution in [0, 0.1) is 0 Å². The largest absolute Gasteiger partial charge is 0.330 e. The van der Waals surface area contributed by atoms with E-state index in [1.807, 2.05) is 11.8 Å². The Hall–Kier alpha value is -0.550. The van der Waals surface area contributed by atoms with Gasteiger partial charge in [-0.2, -0.15) is 0 Å². The zero-order valence-corrected chi connectivity index (χ0v) is 12.7. The Labute approximate surface area is 115 Å². The SMILES string of the molecule is CC(C)(C)c1cc(N2C=C(Br)SCC2)ncn1. The van der Waals surface area contributed by atoms with Crippen LogP contribution < -0.4 is 4.90 Å². The summed E-state index contributed by atoms with van der Waals surface area (Å²) in [5.74, 6) is 2.05. The summed E-state index contributed by atoms with van der Waals surface area (Å²) in [7, 11) is 0. The zero-order chi connectivity index (χ0) is 12.5. The van der Waals surface area contributed by atoms with Gasteiger partial charge in [-0.05, 0) is 15.9 Å². The lowest BCUT2D eigenvalue weighted by molar-refractivity contribution is 0.566. The summed E-state index contributed by atoms with van der Waals surface area (Å²) in [5.41, 5.74) is 1.13. The van der Waals surface area contributed by atoms with Crippen LogP contribution in [-0.4, -0.2) is 22.3 Å². The summed E-state index contributed by atoms with van der Waals surface area (Å²) >= 11 is 5.34. The van der Waals surface area contributed by atoms with E-state index in [1.165, 1.54) is 0 Å². The molecular formula is C12H16BrN3S. The fourth-order valence-electron chi connectivity index (χ4n) is 1.56. The Morgan fingerprint density at radius 3 is 2.76 bits per heavy atom. The molecule has 0 amide bonds. The van der Waals surface area contributed by atoms with E-state index < -0.39 is 0 Å². The maximum atomic E-state index is 4.35. The minimum absolute atomic E-state index is 0.0587. The summed E-state index contributed by atoms with van der Waals surface area (Å²) in [6.45, 7) is 7.48. The van der Waals surface area contributed by atoms with Crippen molar-refractivity contribution in [2.75, 3.05) is 17.2 Å². The van der Waals surface area contributed by atoms with Crippen molar-refractivity contribution in [2.24, 2.45) is 0 Å². The maximum Gasteiger partial charge on any atom is 0.136 e. The second-order valence-corrected chi connectivity index (χ2v) is 7.50. The van der Waals surface area contributed by atoms with Crippen LogP contribution in [0.15, 0.2) is 22.4 Å². The molecule has 5 heteroatoms. The van der Waals surface area contributed by atoms with Crippen LogP contribution >= 0.6 is 27.7 Å². The van der Waals surface area contributed by atoms with Crippen LogP contribution in [-0.2, 0) is 5.41 Å². The third-order valence-corrected chi connectivity index (χ3v) is 4.20. The van der Waals surface area contributed by atoms with E-state index >= 15 is 0 Å². The number of rotatable bonds is 1. The first kappa shape index (κ1) is 12.9. The number of hydrogen-bond acceptors (Lipinski definition) is 4. The van der Waals surface area contributed by atoms with Crippen LogP contribution in [0.4, 0.5) is 5.82 Å². The van der Waals surface area contributed by atoms with E-state index in [9.17, 15) is 0 Å². The molecule has 3 nitrogen and oxygen atoms in total. The Morgan fingerprint density at radius 1 is 1.35 bits per heavy atom. The molecule has 92 valence electrons. The quantitative estimate of drug-likeness (QED) is 0.793. The third kappa shape index (κ3) is 3.22. The first-order valence-corrected chi connectivity index (χ1v) is 7.34. The van der Waals surface area contributed by atoms with Crippen molar-refractivity contribution < 1.29 is 0 Å². The van der Waals surface area contributed by atoms with Gasteiger partial charge in [-0.3, -0.25) is 0 Å². The first-order valence-electron chi connectivity index (χ1n) is 5.56. The molecule has 0 saturated carbocycles. The molecule has 0 radical (unpaired) electrons. The molecule has 0 aromatic carbocycles. The third-order valence-electron chi connectivity index (χ3n) is 2.54. The Balaban J connectivity index is 2.30. The van der Waals surface area contributed by atoms with Crippen molar-refractivity contribution in [3.05, 3.63) is 28.1 Å². The first-order chi connectivity index (χ1) is 7.97. The smallest absolute Gasteiger partial charge is 0.136 e. The van der Waals surface area contributed by atoms with Crippen LogP contribution in [0.2, 0.25) is 0 Å². The minimum Gasteiger partial charge on any atom is -0.330 e. The Bertz CT molecular complexity index is 440. The van der Waals surface area contributed by atoms with Crippen molar-refractivity contribution in [3.8, 4) is 0 Å². The lowest BCUT2D eigenvalue weighted by atomic mass is 9.92. The minimum atomic E-state index is 0.0587. The number of halogens is 1. The predicted octanol–water partition coefficient (Wildman–Crippen LogP) is 3.52. The molecule has 1 aromatic rings. The van der Waals surface area contributed by atoms with Gasteiger partial charge in [-0.1, -0.05) is 20.8 Å². The van der Waals surface area contributed by atoms with Gasteiger partial charge in [-0.15, -0.1) is 11.8 Å². The van der Waals surface area contributed by atoms with Crippen LogP contribution in [0.25, 0.3) is 0 Å². The number of thioether (sulfide) groups is 1. The highest BCUT2D eigenvalue weighted by Gasteiger charge is 2.18. The summed E-state index contributed by atoms with van der Waals surface area (Å²) in [6.07, 6.45) is 3.74. The summed E-state index contributed by atoms with van der Waals surface area (Å²) in [4.78, 5) is 10.9. The highest BCUT2D eigenvalue weighted by Crippen LogP contribution is 2.30. The topological polar surface area (TPSA) is 29.0 Å². The number of anilines is 1. The highest BCUT2D eigenvalue weighted by molar-refractivity contribution is 9.14. The Morgan fingerprint density at radius 2 is 2.12 bits per heavy atom. The fourth-order valence-corrected chi connectivity index (χ4v) is 2.98. The van der Waals surface area contributed by atoms with E-state index in [-0.39, 0.29) is 5.41 Å². The molecular weight excluding hydrogens is 298 g/mol.